The lowest BCUT2D eigenvalue weighted by atomic mass is 9.99. The number of allylic oxidation sites excluding steroid dienone is 13. The van der Waals surface area contributed by atoms with Crippen LogP contribution in [0.25, 0.3) is 0 Å². The van der Waals surface area contributed by atoms with Gasteiger partial charge in [0.2, 0.25) is 5.91 Å². The van der Waals surface area contributed by atoms with Gasteiger partial charge in [0.1, 0.15) is 24.4 Å². The van der Waals surface area contributed by atoms with E-state index >= 15 is 0 Å². The summed E-state index contributed by atoms with van der Waals surface area (Å²) in [5.41, 5.74) is 0. The second-order valence-electron chi connectivity index (χ2n) is 24.2. The summed E-state index contributed by atoms with van der Waals surface area (Å²) in [6.07, 6.45) is 75.8. The fraction of sp³-hybridized carbons (Fsp3) is 0.784. The minimum Gasteiger partial charge on any atom is -0.466 e. The summed E-state index contributed by atoms with van der Waals surface area (Å²) in [5.74, 6) is -0.208. The van der Waals surface area contributed by atoms with Crippen LogP contribution in [0, 0.1) is 0 Å². The van der Waals surface area contributed by atoms with Gasteiger partial charge < -0.3 is 45.1 Å². The van der Waals surface area contributed by atoms with Crippen LogP contribution in [-0.4, -0.2) is 100 Å². The van der Waals surface area contributed by atoms with E-state index in [4.69, 9.17) is 14.2 Å². The third kappa shape index (κ3) is 51.4. The van der Waals surface area contributed by atoms with Crippen molar-refractivity contribution in [1.82, 2.24) is 5.32 Å². The third-order valence-corrected chi connectivity index (χ3v) is 16.2. The van der Waals surface area contributed by atoms with Crippen molar-refractivity contribution in [2.24, 2.45) is 0 Å². The van der Waals surface area contributed by atoms with Gasteiger partial charge in [-0.05, 0) is 109 Å². The van der Waals surface area contributed by atoms with Crippen LogP contribution >= 0.6 is 0 Å². The lowest BCUT2D eigenvalue weighted by Gasteiger charge is -2.40. The van der Waals surface area contributed by atoms with Crippen LogP contribution in [-0.2, 0) is 23.8 Å². The molecule has 11 nitrogen and oxygen atoms in total. The van der Waals surface area contributed by atoms with Crippen LogP contribution in [0.15, 0.2) is 85.1 Å². The van der Waals surface area contributed by atoms with Crippen molar-refractivity contribution in [2.45, 2.75) is 352 Å². The average Bonchev–Trinajstić information content (AvgIpc) is 3.49. The van der Waals surface area contributed by atoms with Crippen LogP contribution in [0.3, 0.4) is 0 Å². The van der Waals surface area contributed by atoms with Crippen molar-refractivity contribution < 1.29 is 49.3 Å². The first-order valence-electron chi connectivity index (χ1n) is 35.4. The van der Waals surface area contributed by atoms with Gasteiger partial charge in [0.05, 0.1) is 32.0 Å². The maximum Gasteiger partial charge on any atom is 0.305 e. The molecule has 0 radical (unpaired) electrons. The highest BCUT2D eigenvalue weighted by atomic mass is 16.7. The standard InChI is InChI=1S/C74H131NO10/c1-3-5-7-9-11-13-15-17-38-42-46-50-54-58-62-70(79)83-63-59-55-51-47-43-39-36-34-32-30-28-26-24-22-20-18-19-21-23-25-27-29-31-33-35-37-41-45-49-53-57-61-69(78)75-66(65-84-74-73(82)72(81)71(80)68(64-76)85-74)67(77)60-56-52-48-44-40-16-14-12-10-8-6-4-2/h9-12,15,17,20,22,26,28,40,44,56,60,66-68,71-74,76-77,80-82H,3-8,13-14,16,18-19,21,23-25,27,29-39,41-43,45-55,57-59,61-65H2,1-2H3,(H,75,78)/b11-9-,12-10+,17-15-,22-20-,28-26-,44-40+,60-56+. The predicted octanol–water partition coefficient (Wildman–Crippen LogP) is 18.1. The molecule has 0 bridgehead atoms. The molecule has 0 aromatic rings. The largest absolute Gasteiger partial charge is 0.466 e. The van der Waals surface area contributed by atoms with Crippen molar-refractivity contribution in [2.75, 3.05) is 19.8 Å². The zero-order valence-electron chi connectivity index (χ0n) is 54.5. The fourth-order valence-corrected chi connectivity index (χ4v) is 10.6. The van der Waals surface area contributed by atoms with Gasteiger partial charge in [-0.3, -0.25) is 9.59 Å². The van der Waals surface area contributed by atoms with E-state index in [2.05, 4.69) is 92.1 Å². The SMILES string of the molecule is CCCC/C=C\C/C=C\CCCCCCCC(=O)OCCCCCCCCCCC/C=C\C/C=C\CCCCCCCCCCCCCCCCCC(=O)NC(COC1OC(CO)C(O)C(O)C1O)C(O)/C=C/CC/C=C/CC/C=C/CCCC. The number of esters is 1. The van der Waals surface area contributed by atoms with Gasteiger partial charge in [0.25, 0.3) is 0 Å². The number of hydrogen-bond acceptors (Lipinski definition) is 10. The average molecular weight is 1190 g/mol. The Labute approximate surface area is 521 Å². The molecule has 1 aliphatic heterocycles. The van der Waals surface area contributed by atoms with Crippen LogP contribution < -0.4 is 5.32 Å². The van der Waals surface area contributed by atoms with Gasteiger partial charge in [-0.1, -0.05) is 272 Å². The summed E-state index contributed by atoms with van der Waals surface area (Å²) in [4.78, 5) is 25.1. The number of hydrogen-bond donors (Lipinski definition) is 6. The first-order chi connectivity index (χ1) is 41.7. The summed E-state index contributed by atoms with van der Waals surface area (Å²) in [7, 11) is 0. The molecule has 1 amide bonds. The second kappa shape index (κ2) is 62.4. The Kier molecular flexibility index (Phi) is 58.7. The zero-order chi connectivity index (χ0) is 61.6. The van der Waals surface area contributed by atoms with Crippen LogP contribution in [0.5, 0.6) is 0 Å². The smallest absolute Gasteiger partial charge is 0.305 e. The van der Waals surface area contributed by atoms with Crippen LogP contribution in [0.2, 0.25) is 0 Å². The Morgan fingerprint density at radius 2 is 0.800 bits per heavy atom. The van der Waals surface area contributed by atoms with Crippen molar-refractivity contribution in [3.63, 3.8) is 0 Å². The summed E-state index contributed by atoms with van der Waals surface area (Å²) < 4.78 is 16.7. The minimum atomic E-state index is -1.58. The van der Waals surface area contributed by atoms with Crippen LogP contribution in [0.4, 0.5) is 0 Å². The van der Waals surface area contributed by atoms with E-state index in [-0.39, 0.29) is 18.5 Å². The molecule has 0 aliphatic carbocycles. The molecule has 6 N–H and O–H groups in total. The molecule has 7 atom stereocenters. The molecule has 1 aliphatic rings. The van der Waals surface area contributed by atoms with Gasteiger partial charge in [-0.2, -0.15) is 0 Å². The highest BCUT2D eigenvalue weighted by Crippen LogP contribution is 2.23. The molecule has 1 fully saturated rings. The van der Waals surface area contributed by atoms with E-state index in [9.17, 15) is 35.1 Å². The minimum absolute atomic E-state index is 0.0106. The summed E-state index contributed by atoms with van der Waals surface area (Å²) in [6, 6.07) is -0.836. The molecular weight excluding hydrogens is 1060 g/mol. The van der Waals surface area contributed by atoms with Gasteiger partial charge in [0, 0.05) is 12.8 Å². The highest BCUT2D eigenvalue weighted by Gasteiger charge is 2.44. The molecule has 0 saturated carbocycles. The summed E-state index contributed by atoms with van der Waals surface area (Å²) in [5, 5.41) is 54.4. The lowest BCUT2D eigenvalue weighted by Crippen LogP contribution is -2.60. The number of aliphatic hydroxyl groups excluding tert-OH is 5. The number of aliphatic hydroxyl groups is 5. The molecule has 1 heterocycles. The molecule has 0 spiro atoms. The molecule has 492 valence electrons. The maximum absolute atomic E-state index is 13.0. The molecule has 1 rings (SSSR count). The second-order valence-corrected chi connectivity index (χ2v) is 24.2. The van der Waals surface area contributed by atoms with E-state index in [1.807, 2.05) is 6.08 Å². The molecule has 11 heteroatoms. The molecule has 0 aromatic carbocycles. The van der Waals surface area contributed by atoms with Gasteiger partial charge in [-0.25, -0.2) is 0 Å². The number of carbonyl (C=O) groups is 2. The highest BCUT2D eigenvalue weighted by molar-refractivity contribution is 5.76. The van der Waals surface area contributed by atoms with Crippen molar-refractivity contribution >= 4 is 11.9 Å². The number of rotatable bonds is 61. The molecular formula is C74H131NO10. The molecule has 85 heavy (non-hydrogen) atoms. The van der Waals surface area contributed by atoms with Gasteiger partial charge in [0.15, 0.2) is 6.29 Å². The maximum atomic E-state index is 13.0. The molecule has 1 saturated heterocycles. The zero-order valence-corrected chi connectivity index (χ0v) is 54.5. The van der Waals surface area contributed by atoms with E-state index < -0.39 is 49.5 Å². The summed E-state index contributed by atoms with van der Waals surface area (Å²) >= 11 is 0. The topological polar surface area (TPSA) is 175 Å². The predicted molar refractivity (Wildman–Crippen MR) is 356 cm³/mol. The first-order valence-corrected chi connectivity index (χ1v) is 35.4. The van der Waals surface area contributed by atoms with Crippen molar-refractivity contribution in [1.29, 1.82) is 0 Å². The van der Waals surface area contributed by atoms with E-state index in [0.717, 1.165) is 83.5 Å². The van der Waals surface area contributed by atoms with Gasteiger partial charge >= 0.3 is 5.97 Å². The number of amides is 1. The van der Waals surface area contributed by atoms with Crippen molar-refractivity contribution in [3.8, 4) is 0 Å². The molecule has 0 aromatic heterocycles. The Hall–Kier alpha value is -3.16. The van der Waals surface area contributed by atoms with Crippen LogP contribution in [0.1, 0.15) is 309 Å². The summed E-state index contributed by atoms with van der Waals surface area (Å²) in [6.45, 7) is 4.24. The normalized spacial score (nSPS) is 18.5. The fourth-order valence-electron chi connectivity index (χ4n) is 10.6. The third-order valence-electron chi connectivity index (χ3n) is 16.2. The monoisotopic (exact) mass is 1190 g/mol. The number of unbranched alkanes of at least 4 members (excludes halogenated alkanes) is 35. The lowest BCUT2D eigenvalue weighted by molar-refractivity contribution is -0.302. The number of ether oxygens (including phenoxy) is 3. The van der Waals surface area contributed by atoms with E-state index in [0.29, 0.717) is 19.4 Å². The first kappa shape index (κ1) is 79.9. The van der Waals surface area contributed by atoms with Gasteiger partial charge in [-0.15, -0.1) is 0 Å². The van der Waals surface area contributed by atoms with E-state index in [1.54, 1.807) is 6.08 Å². The Bertz CT molecular complexity index is 1690. The number of nitrogens with one attached hydrogen (secondary N) is 1. The Balaban J connectivity index is 1.97. The van der Waals surface area contributed by atoms with Crippen molar-refractivity contribution in [3.05, 3.63) is 85.1 Å². The van der Waals surface area contributed by atoms with E-state index in [1.165, 1.54) is 199 Å². The number of carbonyl (C=O) groups excluding carboxylic acids is 2. The molecule has 7 unspecified atom stereocenters. The quantitative estimate of drug-likeness (QED) is 0.0195. The Morgan fingerprint density at radius 3 is 1.24 bits per heavy atom. The Morgan fingerprint density at radius 1 is 0.435 bits per heavy atom.